The first-order chi connectivity index (χ1) is 11.6. The van der Waals surface area contributed by atoms with Crippen LogP contribution in [0.2, 0.25) is 0 Å². The Morgan fingerprint density at radius 2 is 2.00 bits per heavy atom. The number of hydrogen-bond acceptors (Lipinski definition) is 3. The monoisotopic (exact) mass is 324 g/mol. The standard InChI is InChI=1S/C20H24N2O2/c1-15-4-2-6-17(10-15)14-24-19-7-3-5-16(11-19)12-20(23)22-9-8-18(21)13-22/h2-7,10-11,18H,8-9,12-14,21H2,1H3/t18-/m1/s1. The lowest BCUT2D eigenvalue weighted by molar-refractivity contribution is -0.129. The molecule has 24 heavy (non-hydrogen) atoms. The number of carbonyl (C=O) groups is 1. The smallest absolute Gasteiger partial charge is 0.227 e. The van der Waals surface area contributed by atoms with Gasteiger partial charge in [0.15, 0.2) is 0 Å². The highest BCUT2D eigenvalue weighted by molar-refractivity contribution is 5.79. The summed E-state index contributed by atoms with van der Waals surface area (Å²) in [6, 6.07) is 16.2. The fraction of sp³-hybridized carbons (Fsp3) is 0.350. The molecule has 1 amide bonds. The van der Waals surface area contributed by atoms with Crippen molar-refractivity contribution in [2.45, 2.75) is 32.4 Å². The molecule has 2 N–H and O–H groups in total. The molecular weight excluding hydrogens is 300 g/mol. The van der Waals surface area contributed by atoms with Crippen LogP contribution in [-0.4, -0.2) is 29.9 Å². The van der Waals surface area contributed by atoms with Crippen molar-refractivity contribution in [1.82, 2.24) is 4.90 Å². The van der Waals surface area contributed by atoms with E-state index in [1.165, 1.54) is 5.56 Å². The van der Waals surface area contributed by atoms with E-state index in [1.807, 2.05) is 35.2 Å². The Morgan fingerprint density at radius 1 is 1.21 bits per heavy atom. The fourth-order valence-electron chi connectivity index (χ4n) is 3.01. The topological polar surface area (TPSA) is 55.6 Å². The number of carbonyl (C=O) groups excluding carboxylic acids is 1. The highest BCUT2D eigenvalue weighted by Gasteiger charge is 2.23. The summed E-state index contributed by atoms with van der Waals surface area (Å²) in [5.41, 5.74) is 9.21. The summed E-state index contributed by atoms with van der Waals surface area (Å²) < 4.78 is 5.87. The van der Waals surface area contributed by atoms with Crippen LogP contribution in [0.4, 0.5) is 0 Å². The molecule has 0 aliphatic carbocycles. The molecule has 1 fully saturated rings. The van der Waals surface area contributed by atoms with Crippen molar-refractivity contribution in [2.75, 3.05) is 13.1 Å². The number of aryl methyl sites for hydroxylation is 1. The second kappa shape index (κ2) is 7.49. The first kappa shape index (κ1) is 16.5. The van der Waals surface area contributed by atoms with E-state index < -0.39 is 0 Å². The number of likely N-dealkylation sites (tertiary alicyclic amines) is 1. The third-order valence-electron chi connectivity index (χ3n) is 4.32. The van der Waals surface area contributed by atoms with Gasteiger partial charge in [-0.05, 0) is 36.6 Å². The van der Waals surface area contributed by atoms with Crippen molar-refractivity contribution in [1.29, 1.82) is 0 Å². The van der Waals surface area contributed by atoms with E-state index in [9.17, 15) is 4.79 Å². The van der Waals surface area contributed by atoms with E-state index in [0.29, 0.717) is 19.6 Å². The number of rotatable bonds is 5. The van der Waals surface area contributed by atoms with Gasteiger partial charge in [-0.2, -0.15) is 0 Å². The Balaban J connectivity index is 1.58. The first-order valence-electron chi connectivity index (χ1n) is 8.41. The van der Waals surface area contributed by atoms with Crippen molar-refractivity contribution >= 4 is 5.91 Å². The van der Waals surface area contributed by atoms with Gasteiger partial charge in [-0.15, -0.1) is 0 Å². The van der Waals surface area contributed by atoms with Crippen molar-refractivity contribution in [3.05, 3.63) is 65.2 Å². The molecule has 1 heterocycles. The van der Waals surface area contributed by atoms with Crippen LogP contribution in [0.1, 0.15) is 23.1 Å². The van der Waals surface area contributed by atoms with Crippen LogP contribution in [0, 0.1) is 6.92 Å². The normalized spacial score (nSPS) is 17.1. The van der Waals surface area contributed by atoms with E-state index >= 15 is 0 Å². The minimum absolute atomic E-state index is 0.123. The lowest BCUT2D eigenvalue weighted by atomic mass is 10.1. The average molecular weight is 324 g/mol. The van der Waals surface area contributed by atoms with Gasteiger partial charge in [0.1, 0.15) is 12.4 Å². The summed E-state index contributed by atoms with van der Waals surface area (Å²) in [4.78, 5) is 14.2. The SMILES string of the molecule is Cc1cccc(COc2cccc(CC(=O)N3CC[C@@H](N)C3)c2)c1. The molecule has 0 saturated carbocycles. The molecule has 1 atom stereocenters. The zero-order valence-corrected chi connectivity index (χ0v) is 14.1. The molecule has 0 unspecified atom stereocenters. The van der Waals surface area contributed by atoms with Crippen molar-refractivity contribution in [3.63, 3.8) is 0 Å². The highest BCUT2D eigenvalue weighted by atomic mass is 16.5. The summed E-state index contributed by atoms with van der Waals surface area (Å²) in [5.74, 6) is 0.929. The maximum absolute atomic E-state index is 12.3. The van der Waals surface area contributed by atoms with Gasteiger partial charge < -0.3 is 15.4 Å². The van der Waals surface area contributed by atoms with Crippen LogP contribution in [-0.2, 0) is 17.8 Å². The fourth-order valence-corrected chi connectivity index (χ4v) is 3.01. The average Bonchev–Trinajstić information content (AvgIpc) is 3.00. The summed E-state index contributed by atoms with van der Waals surface area (Å²) in [6.45, 7) is 4.03. The molecule has 126 valence electrons. The van der Waals surface area contributed by atoms with E-state index in [-0.39, 0.29) is 11.9 Å². The van der Waals surface area contributed by atoms with Gasteiger partial charge in [0, 0.05) is 19.1 Å². The number of amides is 1. The molecule has 1 aliphatic heterocycles. The molecule has 0 bridgehead atoms. The molecule has 1 saturated heterocycles. The first-order valence-corrected chi connectivity index (χ1v) is 8.41. The number of nitrogens with zero attached hydrogens (tertiary/aromatic N) is 1. The zero-order chi connectivity index (χ0) is 16.9. The molecule has 4 nitrogen and oxygen atoms in total. The maximum Gasteiger partial charge on any atom is 0.227 e. The number of nitrogens with two attached hydrogens (primary N) is 1. The quantitative estimate of drug-likeness (QED) is 0.920. The van der Waals surface area contributed by atoms with Gasteiger partial charge >= 0.3 is 0 Å². The van der Waals surface area contributed by atoms with Gasteiger partial charge in [0.05, 0.1) is 6.42 Å². The van der Waals surface area contributed by atoms with E-state index in [1.54, 1.807) is 0 Å². The molecule has 1 aliphatic rings. The molecular formula is C20H24N2O2. The van der Waals surface area contributed by atoms with Crippen LogP contribution in [0.5, 0.6) is 5.75 Å². The minimum Gasteiger partial charge on any atom is -0.489 e. The van der Waals surface area contributed by atoms with E-state index in [2.05, 4.69) is 25.1 Å². The predicted molar refractivity (Wildman–Crippen MR) is 94.8 cm³/mol. The number of ether oxygens (including phenoxy) is 1. The third kappa shape index (κ3) is 4.36. The van der Waals surface area contributed by atoms with Gasteiger partial charge in [0.2, 0.25) is 5.91 Å². The van der Waals surface area contributed by atoms with Crippen molar-refractivity contribution in [3.8, 4) is 5.75 Å². The minimum atomic E-state index is 0.123. The van der Waals surface area contributed by atoms with Crippen LogP contribution in [0.15, 0.2) is 48.5 Å². The lowest BCUT2D eigenvalue weighted by Gasteiger charge is -2.16. The molecule has 0 spiro atoms. The molecule has 0 radical (unpaired) electrons. The number of hydrogen-bond donors (Lipinski definition) is 1. The van der Waals surface area contributed by atoms with E-state index in [4.69, 9.17) is 10.5 Å². The maximum atomic E-state index is 12.3. The summed E-state index contributed by atoms with van der Waals surface area (Å²) >= 11 is 0. The van der Waals surface area contributed by atoms with Crippen LogP contribution in [0.3, 0.4) is 0 Å². The molecule has 0 aromatic heterocycles. The zero-order valence-electron chi connectivity index (χ0n) is 14.1. The summed E-state index contributed by atoms with van der Waals surface area (Å²) in [7, 11) is 0. The second-order valence-corrected chi connectivity index (χ2v) is 6.49. The Hall–Kier alpha value is -2.33. The summed E-state index contributed by atoms with van der Waals surface area (Å²) in [5, 5.41) is 0. The predicted octanol–water partition coefficient (Wildman–Crippen LogP) is 2.68. The molecule has 2 aromatic rings. The van der Waals surface area contributed by atoms with Gasteiger partial charge in [-0.25, -0.2) is 0 Å². The molecule has 2 aromatic carbocycles. The molecule has 3 rings (SSSR count). The number of benzene rings is 2. The largest absolute Gasteiger partial charge is 0.489 e. The Labute approximate surface area is 143 Å². The van der Waals surface area contributed by atoms with Gasteiger partial charge in [-0.3, -0.25) is 4.79 Å². The van der Waals surface area contributed by atoms with Crippen molar-refractivity contribution in [2.24, 2.45) is 5.73 Å². The van der Waals surface area contributed by atoms with Crippen molar-refractivity contribution < 1.29 is 9.53 Å². The lowest BCUT2D eigenvalue weighted by Crippen LogP contribution is -2.32. The molecule has 4 heteroatoms. The Kier molecular flexibility index (Phi) is 5.16. The van der Waals surface area contributed by atoms with Crippen LogP contribution < -0.4 is 10.5 Å². The van der Waals surface area contributed by atoms with E-state index in [0.717, 1.165) is 29.8 Å². The highest BCUT2D eigenvalue weighted by Crippen LogP contribution is 2.17. The van der Waals surface area contributed by atoms with Gasteiger partial charge in [-0.1, -0.05) is 42.0 Å². The Morgan fingerprint density at radius 3 is 2.75 bits per heavy atom. The Bertz CT molecular complexity index is 714. The second-order valence-electron chi connectivity index (χ2n) is 6.49. The van der Waals surface area contributed by atoms with Crippen LogP contribution in [0.25, 0.3) is 0 Å². The third-order valence-corrected chi connectivity index (χ3v) is 4.32. The van der Waals surface area contributed by atoms with Gasteiger partial charge in [0.25, 0.3) is 0 Å². The summed E-state index contributed by atoms with van der Waals surface area (Å²) in [6.07, 6.45) is 1.29. The van der Waals surface area contributed by atoms with Crippen LogP contribution >= 0.6 is 0 Å².